The Morgan fingerprint density at radius 3 is 2.39 bits per heavy atom. The van der Waals surface area contributed by atoms with Gasteiger partial charge in [0, 0.05) is 45.7 Å². The molecule has 5 rings (SSSR count). The molecule has 2 N–H and O–H groups in total. The smallest absolute Gasteiger partial charge is 0.195 e. The molecule has 5 nitrogen and oxygen atoms in total. The van der Waals surface area contributed by atoms with Crippen molar-refractivity contribution >= 4 is 27.2 Å². The van der Waals surface area contributed by atoms with Gasteiger partial charge in [-0.15, -0.1) is 17.9 Å². The lowest BCUT2D eigenvalue weighted by atomic mass is 9.97. The van der Waals surface area contributed by atoms with Crippen LogP contribution in [0.15, 0.2) is 79.4 Å². The number of aromatic hydroxyl groups is 2. The number of rotatable bonds is 8. The standard InChI is InChI=1S/C30H29NO4S/c1-2-3-16-31-17-14-25(15-18-31)35-24-11-6-20(7-12-24)29(34)28-26-13-10-23(33)19-27(26)36-30(28)21-4-8-22(32)9-5-21/h2,4-13,19,25,32-33H,1,3,14-18H2. The highest BCUT2D eigenvalue weighted by molar-refractivity contribution is 7.22. The van der Waals surface area contributed by atoms with Gasteiger partial charge in [-0.25, -0.2) is 0 Å². The Morgan fingerprint density at radius 2 is 1.69 bits per heavy atom. The zero-order chi connectivity index (χ0) is 25.1. The predicted molar refractivity (Wildman–Crippen MR) is 145 cm³/mol. The lowest BCUT2D eigenvalue weighted by Crippen LogP contribution is -2.38. The van der Waals surface area contributed by atoms with E-state index in [9.17, 15) is 15.0 Å². The number of fused-ring (bicyclic) bond motifs is 1. The van der Waals surface area contributed by atoms with Gasteiger partial charge < -0.3 is 19.8 Å². The second kappa shape index (κ2) is 10.6. The minimum absolute atomic E-state index is 0.0860. The Morgan fingerprint density at radius 1 is 1.00 bits per heavy atom. The van der Waals surface area contributed by atoms with Gasteiger partial charge in [-0.1, -0.05) is 6.08 Å². The van der Waals surface area contributed by atoms with Crippen LogP contribution in [0.25, 0.3) is 20.5 Å². The number of hydrogen-bond acceptors (Lipinski definition) is 6. The van der Waals surface area contributed by atoms with E-state index in [2.05, 4.69) is 11.5 Å². The SMILES string of the molecule is C=CCCN1CCC(Oc2ccc(C(=O)c3c(-c4ccc(O)cc4)sc4cc(O)ccc34)cc2)CC1. The summed E-state index contributed by atoms with van der Waals surface area (Å²) in [5.41, 5.74) is 2.02. The van der Waals surface area contributed by atoms with Gasteiger partial charge in [-0.05, 0) is 91.6 Å². The van der Waals surface area contributed by atoms with E-state index >= 15 is 0 Å². The maximum atomic E-state index is 13.7. The summed E-state index contributed by atoms with van der Waals surface area (Å²) in [5.74, 6) is 1.02. The monoisotopic (exact) mass is 499 g/mol. The number of phenolic OH excluding ortho intramolecular Hbond substituents is 2. The first-order valence-corrected chi connectivity index (χ1v) is 13.0. The maximum Gasteiger partial charge on any atom is 0.195 e. The molecular formula is C30H29NO4S. The van der Waals surface area contributed by atoms with E-state index in [1.165, 1.54) is 11.3 Å². The van der Waals surface area contributed by atoms with Crippen LogP contribution < -0.4 is 4.74 Å². The maximum absolute atomic E-state index is 13.7. The van der Waals surface area contributed by atoms with Crippen LogP contribution in [0.1, 0.15) is 35.2 Å². The Bertz CT molecular complexity index is 1370. The number of carbonyl (C=O) groups excluding carboxylic acids is 1. The summed E-state index contributed by atoms with van der Waals surface area (Å²) in [6, 6.07) is 19.3. The average molecular weight is 500 g/mol. The van der Waals surface area contributed by atoms with Crippen LogP contribution in [0.4, 0.5) is 0 Å². The van der Waals surface area contributed by atoms with Crippen molar-refractivity contribution in [2.75, 3.05) is 19.6 Å². The number of hydrogen-bond donors (Lipinski definition) is 2. The second-order valence-corrected chi connectivity index (χ2v) is 10.2. The third-order valence-electron chi connectivity index (χ3n) is 6.63. The molecule has 1 aliphatic heterocycles. The van der Waals surface area contributed by atoms with Crippen LogP contribution in [0, 0.1) is 0 Å². The quantitative estimate of drug-likeness (QED) is 0.210. The molecule has 1 aromatic heterocycles. The first kappa shape index (κ1) is 24.1. The topological polar surface area (TPSA) is 70.0 Å². The number of likely N-dealkylation sites (tertiary alicyclic amines) is 1. The summed E-state index contributed by atoms with van der Waals surface area (Å²) < 4.78 is 7.05. The lowest BCUT2D eigenvalue weighted by molar-refractivity contribution is 0.101. The highest BCUT2D eigenvalue weighted by Crippen LogP contribution is 2.41. The van der Waals surface area contributed by atoms with Gasteiger partial charge in [-0.3, -0.25) is 4.79 Å². The molecule has 0 aliphatic carbocycles. The first-order chi connectivity index (χ1) is 17.5. The number of benzene rings is 3. The molecule has 6 heteroatoms. The fourth-order valence-electron chi connectivity index (χ4n) is 4.67. The molecule has 1 aliphatic rings. The Kier molecular flexibility index (Phi) is 7.07. The fourth-order valence-corrected chi connectivity index (χ4v) is 5.91. The molecule has 4 aromatic rings. The highest BCUT2D eigenvalue weighted by Gasteiger charge is 2.23. The number of piperidine rings is 1. The van der Waals surface area contributed by atoms with Gasteiger partial charge in [0.2, 0.25) is 0 Å². The Balaban J connectivity index is 1.37. The Hall–Kier alpha value is -3.61. The van der Waals surface area contributed by atoms with Crippen LogP contribution in [0.5, 0.6) is 17.2 Å². The summed E-state index contributed by atoms with van der Waals surface area (Å²) in [7, 11) is 0. The van der Waals surface area contributed by atoms with Gasteiger partial charge in [-0.2, -0.15) is 0 Å². The van der Waals surface area contributed by atoms with Crippen LogP contribution in [0.3, 0.4) is 0 Å². The van der Waals surface area contributed by atoms with Gasteiger partial charge >= 0.3 is 0 Å². The van der Waals surface area contributed by atoms with E-state index in [-0.39, 0.29) is 23.4 Å². The number of thiophene rings is 1. The summed E-state index contributed by atoms with van der Waals surface area (Å²) in [6.45, 7) is 6.90. The number of carbonyl (C=O) groups is 1. The van der Waals surface area contributed by atoms with Crippen LogP contribution in [0.2, 0.25) is 0 Å². The van der Waals surface area contributed by atoms with Crippen LogP contribution in [-0.2, 0) is 0 Å². The van der Waals surface area contributed by atoms with Crippen molar-refractivity contribution in [3.8, 4) is 27.7 Å². The molecule has 0 bridgehead atoms. The summed E-state index contributed by atoms with van der Waals surface area (Å²) in [5, 5.41) is 20.5. The van der Waals surface area contributed by atoms with Gasteiger partial charge in [0.15, 0.2) is 5.78 Å². The third kappa shape index (κ3) is 5.15. The van der Waals surface area contributed by atoms with Gasteiger partial charge in [0.25, 0.3) is 0 Å². The molecule has 0 spiro atoms. The molecule has 1 saturated heterocycles. The highest BCUT2D eigenvalue weighted by atomic mass is 32.1. The third-order valence-corrected chi connectivity index (χ3v) is 7.84. The van der Waals surface area contributed by atoms with Crippen molar-refractivity contribution in [2.24, 2.45) is 0 Å². The van der Waals surface area contributed by atoms with E-state index in [0.29, 0.717) is 11.1 Å². The van der Waals surface area contributed by atoms with E-state index in [1.54, 1.807) is 42.5 Å². The zero-order valence-corrected chi connectivity index (χ0v) is 20.8. The number of nitrogens with zero attached hydrogens (tertiary/aromatic N) is 1. The molecule has 0 saturated carbocycles. The zero-order valence-electron chi connectivity index (χ0n) is 20.0. The molecule has 3 aromatic carbocycles. The van der Waals surface area contributed by atoms with Crippen molar-refractivity contribution < 1.29 is 19.7 Å². The van der Waals surface area contributed by atoms with Crippen molar-refractivity contribution in [3.63, 3.8) is 0 Å². The second-order valence-electron chi connectivity index (χ2n) is 9.12. The van der Waals surface area contributed by atoms with Crippen molar-refractivity contribution in [1.29, 1.82) is 0 Å². The number of ether oxygens (including phenoxy) is 1. The summed E-state index contributed by atoms with van der Waals surface area (Å²) >= 11 is 1.45. The molecule has 0 radical (unpaired) electrons. The Labute approximate surface area is 214 Å². The summed E-state index contributed by atoms with van der Waals surface area (Å²) in [6.07, 6.45) is 5.13. The number of phenols is 2. The minimum atomic E-state index is -0.0860. The van der Waals surface area contributed by atoms with Gasteiger partial charge in [0.1, 0.15) is 23.4 Å². The van der Waals surface area contributed by atoms with Crippen molar-refractivity contribution in [2.45, 2.75) is 25.4 Å². The molecule has 1 fully saturated rings. The largest absolute Gasteiger partial charge is 0.508 e. The summed E-state index contributed by atoms with van der Waals surface area (Å²) in [4.78, 5) is 17.0. The molecule has 0 atom stereocenters. The fraction of sp³-hybridized carbons (Fsp3) is 0.233. The lowest BCUT2D eigenvalue weighted by Gasteiger charge is -2.31. The van der Waals surface area contributed by atoms with Gasteiger partial charge in [0.05, 0.1) is 0 Å². The molecule has 184 valence electrons. The predicted octanol–water partition coefficient (Wildman–Crippen LogP) is 6.63. The van der Waals surface area contributed by atoms with Crippen LogP contribution >= 0.6 is 11.3 Å². The van der Waals surface area contributed by atoms with E-state index in [0.717, 1.165) is 65.2 Å². The van der Waals surface area contributed by atoms with E-state index in [1.807, 2.05) is 30.3 Å². The molecular weight excluding hydrogens is 470 g/mol. The van der Waals surface area contributed by atoms with E-state index < -0.39 is 0 Å². The number of ketones is 1. The molecule has 0 amide bonds. The van der Waals surface area contributed by atoms with Crippen molar-refractivity contribution in [3.05, 3.63) is 90.5 Å². The molecule has 36 heavy (non-hydrogen) atoms. The van der Waals surface area contributed by atoms with E-state index in [4.69, 9.17) is 4.74 Å². The van der Waals surface area contributed by atoms with Crippen molar-refractivity contribution in [1.82, 2.24) is 4.90 Å². The minimum Gasteiger partial charge on any atom is -0.508 e. The normalized spacial score (nSPS) is 14.7. The molecule has 0 unspecified atom stereocenters. The molecule has 2 heterocycles. The average Bonchev–Trinajstić information content (AvgIpc) is 3.27. The first-order valence-electron chi connectivity index (χ1n) is 12.2. The van der Waals surface area contributed by atoms with Crippen LogP contribution in [-0.4, -0.2) is 46.6 Å².